The van der Waals surface area contributed by atoms with Crippen LogP contribution in [0.4, 0.5) is 19.1 Å². The highest BCUT2D eigenvalue weighted by atomic mass is 35.5. The SMILES string of the molecule is Cc1ccc([C@H]2c3[nH]c4ccc(Cl)cc4c3CCN2c2nc(C#N)cc(C(F)(F)F)n2)cc1. The van der Waals surface area contributed by atoms with Gasteiger partial charge >= 0.3 is 6.18 Å². The molecule has 0 saturated heterocycles. The lowest BCUT2D eigenvalue weighted by Gasteiger charge is -2.36. The van der Waals surface area contributed by atoms with Crippen LogP contribution in [0.2, 0.25) is 5.02 Å². The summed E-state index contributed by atoms with van der Waals surface area (Å²) in [6.45, 7) is 2.34. The first-order valence-electron chi connectivity index (χ1n) is 10.2. The summed E-state index contributed by atoms with van der Waals surface area (Å²) in [5.41, 5.74) is 3.27. The zero-order valence-corrected chi connectivity index (χ0v) is 18.2. The zero-order valence-electron chi connectivity index (χ0n) is 17.4. The third-order valence-corrected chi connectivity index (χ3v) is 6.09. The van der Waals surface area contributed by atoms with Gasteiger partial charge in [-0.1, -0.05) is 41.4 Å². The number of H-pyrrole nitrogens is 1. The number of aromatic amines is 1. The second-order valence-electron chi connectivity index (χ2n) is 8.01. The smallest absolute Gasteiger partial charge is 0.356 e. The van der Waals surface area contributed by atoms with Gasteiger partial charge in [-0.25, -0.2) is 9.97 Å². The summed E-state index contributed by atoms with van der Waals surface area (Å²) >= 11 is 6.23. The lowest BCUT2D eigenvalue weighted by molar-refractivity contribution is -0.141. The average Bonchev–Trinajstić information content (AvgIpc) is 3.16. The second-order valence-corrected chi connectivity index (χ2v) is 8.45. The van der Waals surface area contributed by atoms with E-state index in [0.29, 0.717) is 24.1 Å². The summed E-state index contributed by atoms with van der Waals surface area (Å²) in [6.07, 6.45) is -4.14. The molecule has 1 aliphatic heterocycles. The van der Waals surface area contributed by atoms with Crippen molar-refractivity contribution in [1.29, 1.82) is 5.26 Å². The number of hydrogen-bond acceptors (Lipinski definition) is 4. The van der Waals surface area contributed by atoms with Gasteiger partial charge in [0.05, 0.1) is 6.04 Å². The van der Waals surface area contributed by atoms with Gasteiger partial charge in [0.2, 0.25) is 5.95 Å². The van der Waals surface area contributed by atoms with Crippen molar-refractivity contribution in [2.75, 3.05) is 11.4 Å². The number of nitrogens with one attached hydrogen (secondary N) is 1. The molecule has 3 heterocycles. The fourth-order valence-corrected chi connectivity index (χ4v) is 4.51. The van der Waals surface area contributed by atoms with Crippen molar-refractivity contribution < 1.29 is 13.2 Å². The van der Waals surface area contributed by atoms with Gasteiger partial charge in [-0.2, -0.15) is 18.4 Å². The quantitative estimate of drug-likeness (QED) is 0.395. The first-order chi connectivity index (χ1) is 15.7. The molecule has 1 atom stereocenters. The summed E-state index contributed by atoms with van der Waals surface area (Å²) in [4.78, 5) is 13.1. The van der Waals surface area contributed by atoms with Crippen LogP contribution in [0.15, 0.2) is 48.5 Å². The lowest BCUT2D eigenvalue weighted by Crippen LogP contribution is -2.37. The lowest BCUT2D eigenvalue weighted by atomic mass is 9.92. The van der Waals surface area contributed by atoms with E-state index >= 15 is 0 Å². The van der Waals surface area contributed by atoms with Gasteiger partial charge in [0, 0.05) is 34.2 Å². The molecule has 0 bridgehead atoms. The molecule has 0 amide bonds. The highest BCUT2D eigenvalue weighted by Gasteiger charge is 2.37. The Hall–Kier alpha value is -3.57. The molecule has 1 aliphatic rings. The van der Waals surface area contributed by atoms with Crippen molar-refractivity contribution >= 4 is 28.5 Å². The van der Waals surface area contributed by atoms with E-state index in [1.165, 1.54) is 0 Å². The fraction of sp³-hybridized carbons (Fsp3) is 0.208. The number of aryl methyl sites for hydroxylation is 1. The largest absolute Gasteiger partial charge is 0.433 e. The van der Waals surface area contributed by atoms with Crippen LogP contribution in [0.3, 0.4) is 0 Å². The number of fused-ring (bicyclic) bond motifs is 3. The molecule has 166 valence electrons. The Morgan fingerprint density at radius 2 is 1.88 bits per heavy atom. The van der Waals surface area contributed by atoms with Crippen molar-refractivity contribution in [3.8, 4) is 6.07 Å². The van der Waals surface area contributed by atoms with Crippen molar-refractivity contribution in [2.45, 2.75) is 25.6 Å². The molecule has 4 aromatic rings. The number of rotatable bonds is 2. The number of aromatic nitrogens is 3. The van der Waals surface area contributed by atoms with Crippen molar-refractivity contribution in [1.82, 2.24) is 15.0 Å². The van der Waals surface area contributed by atoms with Crippen LogP contribution < -0.4 is 4.90 Å². The minimum atomic E-state index is -4.69. The van der Waals surface area contributed by atoms with Crippen LogP contribution >= 0.6 is 11.6 Å². The molecule has 2 aromatic carbocycles. The minimum Gasteiger partial charge on any atom is -0.356 e. The van der Waals surface area contributed by atoms with E-state index < -0.39 is 17.9 Å². The molecule has 5 nitrogen and oxygen atoms in total. The van der Waals surface area contributed by atoms with E-state index in [4.69, 9.17) is 11.6 Å². The van der Waals surface area contributed by atoms with E-state index in [1.54, 1.807) is 17.0 Å². The molecule has 0 saturated carbocycles. The maximum Gasteiger partial charge on any atom is 0.433 e. The fourth-order valence-electron chi connectivity index (χ4n) is 4.34. The normalized spacial score (nSPS) is 16.0. The first-order valence-corrected chi connectivity index (χ1v) is 10.6. The molecule has 9 heteroatoms. The zero-order chi connectivity index (χ0) is 23.3. The molecule has 5 rings (SSSR count). The Labute approximate surface area is 192 Å². The van der Waals surface area contributed by atoms with Crippen LogP contribution in [0, 0.1) is 18.3 Å². The van der Waals surface area contributed by atoms with Gasteiger partial charge in [0.1, 0.15) is 11.8 Å². The maximum absolute atomic E-state index is 13.5. The summed E-state index contributed by atoms with van der Waals surface area (Å²) < 4.78 is 40.5. The highest BCUT2D eigenvalue weighted by Crippen LogP contribution is 2.41. The summed E-state index contributed by atoms with van der Waals surface area (Å²) in [5, 5.41) is 10.9. The van der Waals surface area contributed by atoms with Crippen LogP contribution in [-0.2, 0) is 12.6 Å². The van der Waals surface area contributed by atoms with Gasteiger partial charge in [0.25, 0.3) is 0 Å². The van der Waals surface area contributed by atoms with Gasteiger partial charge in [0.15, 0.2) is 5.69 Å². The molecule has 0 fully saturated rings. The predicted octanol–water partition coefficient (Wildman–Crippen LogP) is 5.96. The first kappa shape index (κ1) is 21.3. The third kappa shape index (κ3) is 3.79. The number of halogens is 4. The van der Waals surface area contributed by atoms with Gasteiger partial charge in [-0.15, -0.1) is 0 Å². The molecule has 0 radical (unpaired) electrons. The number of anilines is 1. The monoisotopic (exact) mass is 467 g/mol. The topological polar surface area (TPSA) is 68.6 Å². The van der Waals surface area contributed by atoms with Crippen molar-refractivity contribution in [2.24, 2.45) is 0 Å². The Kier molecular flexibility index (Phi) is 5.02. The Morgan fingerprint density at radius 1 is 1.12 bits per heavy atom. The van der Waals surface area contributed by atoms with E-state index in [1.807, 2.05) is 43.3 Å². The summed E-state index contributed by atoms with van der Waals surface area (Å²) in [5.74, 6) is -0.130. The van der Waals surface area contributed by atoms with Crippen LogP contribution in [-0.4, -0.2) is 21.5 Å². The predicted molar refractivity (Wildman–Crippen MR) is 119 cm³/mol. The third-order valence-electron chi connectivity index (χ3n) is 5.86. The van der Waals surface area contributed by atoms with E-state index in [-0.39, 0.29) is 11.6 Å². The number of hydrogen-bond donors (Lipinski definition) is 1. The van der Waals surface area contributed by atoms with E-state index in [2.05, 4.69) is 15.0 Å². The average molecular weight is 468 g/mol. The molecule has 1 N–H and O–H groups in total. The molecule has 0 spiro atoms. The maximum atomic E-state index is 13.5. The van der Waals surface area contributed by atoms with E-state index in [9.17, 15) is 18.4 Å². The van der Waals surface area contributed by atoms with Gasteiger partial charge in [-0.3, -0.25) is 0 Å². The number of alkyl halides is 3. The Morgan fingerprint density at radius 3 is 2.58 bits per heavy atom. The second kappa shape index (κ2) is 7.78. The van der Waals surface area contributed by atoms with Crippen LogP contribution in [0.5, 0.6) is 0 Å². The molecule has 0 unspecified atom stereocenters. The van der Waals surface area contributed by atoms with Crippen molar-refractivity contribution in [3.63, 3.8) is 0 Å². The Balaban J connectivity index is 1.72. The van der Waals surface area contributed by atoms with Gasteiger partial charge < -0.3 is 9.88 Å². The number of benzene rings is 2. The molecule has 33 heavy (non-hydrogen) atoms. The van der Waals surface area contributed by atoms with Gasteiger partial charge in [-0.05, 0) is 42.7 Å². The van der Waals surface area contributed by atoms with Crippen LogP contribution in [0.1, 0.15) is 39.8 Å². The summed E-state index contributed by atoms with van der Waals surface area (Å²) in [7, 11) is 0. The van der Waals surface area contributed by atoms with E-state index in [0.717, 1.165) is 33.3 Å². The number of nitriles is 1. The molecule has 0 aliphatic carbocycles. The molecular formula is C24H17ClF3N5. The molecule has 2 aromatic heterocycles. The van der Waals surface area contributed by atoms with Crippen LogP contribution in [0.25, 0.3) is 10.9 Å². The highest BCUT2D eigenvalue weighted by molar-refractivity contribution is 6.31. The van der Waals surface area contributed by atoms with Crippen molar-refractivity contribution in [3.05, 3.63) is 87.3 Å². The summed E-state index contributed by atoms with van der Waals surface area (Å²) in [6, 6.07) is 15.3. The minimum absolute atomic E-state index is 0.130. The standard InChI is InChI=1S/C24H17ClF3N5/c1-13-2-4-14(5-3-13)22-21-17(18-10-15(25)6-7-19(18)31-21)8-9-33(22)23-30-16(12-29)11-20(32-23)24(26,27)28/h2-7,10-11,22,31H,8-9H2,1H3/t22-/m0/s1. The molecular weight excluding hydrogens is 451 g/mol. The number of nitrogens with zero attached hydrogens (tertiary/aromatic N) is 4. The Bertz CT molecular complexity index is 1400.